The summed E-state index contributed by atoms with van der Waals surface area (Å²) in [5, 5.41) is 13.6. The van der Waals surface area contributed by atoms with Crippen LogP contribution in [0.5, 0.6) is 0 Å². The van der Waals surface area contributed by atoms with Gasteiger partial charge in [-0.25, -0.2) is 0 Å². The predicted molar refractivity (Wildman–Crippen MR) is 73.2 cm³/mol. The third-order valence-electron chi connectivity index (χ3n) is 4.22. The minimum Gasteiger partial charge on any atom is -0.390 e. The lowest BCUT2D eigenvalue weighted by Gasteiger charge is -2.30. The van der Waals surface area contributed by atoms with Gasteiger partial charge in [0.1, 0.15) is 0 Å². The van der Waals surface area contributed by atoms with Gasteiger partial charge in [0, 0.05) is 19.1 Å². The fourth-order valence-corrected chi connectivity index (χ4v) is 2.83. The number of nitrogens with zero attached hydrogens (tertiary/aromatic N) is 1. The molecule has 0 saturated heterocycles. The lowest BCUT2D eigenvalue weighted by Crippen LogP contribution is -2.44. The average molecular weight is 242 g/mol. The summed E-state index contributed by atoms with van der Waals surface area (Å²) >= 11 is 0. The van der Waals surface area contributed by atoms with Crippen molar-refractivity contribution in [3.63, 3.8) is 0 Å². The summed E-state index contributed by atoms with van der Waals surface area (Å²) in [6.07, 6.45) is 3.63. The number of likely N-dealkylation sites (N-methyl/N-ethyl adjacent to an activating group) is 1. The van der Waals surface area contributed by atoms with Crippen molar-refractivity contribution in [1.82, 2.24) is 10.2 Å². The van der Waals surface area contributed by atoms with Gasteiger partial charge in [0.05, 0.1) is 6.10 Å². The molecule has 2 unspecified atom stereocenters. The van der Waals surface area contributed by atoms with E-state index < -0.39 is 0 Å². The highest BCUT2D eigenvalue weighted by Crippen LogP contribution is 2.36. The summed E-state index contributed by atoms with van der Waals surface area (Å²) in [7, 11) is 0. The Morgan fingerprint density at radius 1 is 1.35 bits per heavy atom. The van der Waals surface area contributed by atoms with Crippen molar-refractivity contribution in [3.8, 4) is 0 Å². The zero-order valence-corrected chi connectivity index (χ0v) is 12.0. The summed E-state index contributed by atoms with van der Waals surface area (Å²) in [5.41, 5.74) is 0.398. The first-order valence-electron chi connectivity index (χ1n) is 7.13. The molecule has 1 rings (SSSR count). The van der Waals surface area contributed by atoms with Crippen molar-refractivity contribution >= 4 is 0 Å². The molecule has 0 spiro atoms. The van der Waals surface area contributed by atoms with E-state index in [1.165, 1.54) is 19.3 Å². The third kappa shape index (κ3) is 4.57. The lowest BCUT2D eigenvalue weighted by molar-refractivity contribution is 0.108. The molecule has 2 atom stereocenters. The second-order valence-electron chi connectivity index (χ2n) is 5.98. The summed E-state index contributed by atoms with van der Waals surface area (Å²) in [6, 6.07) is 0.578. The first kappa shape index (κ1) is 14.9. The SMILES string of the molecule is CCN(CC)CC(O)CNC1CCCC1(C)C. The Morgan fingerprint density at radius 2 is 2.00 bits per heavy atom. The molecule has 17 heavy (non-hydrogen) atoms. The van der Waals surface area contributed by atoms with Gasteiger partial charge < -0.3 is 15.3 Å². The molecule has 3 heteroatoms. The molecule has 0 bridgehead atoms. The Bertz CT molecular complexity index is 214. The van der Waals surface area contributed by atoms with E-state index in [-0.39, 0.29) is 6.10 Å². The lowest BCUT2D eigenvalue weighted by atomic mass is 9.87. The highest BCUT2D eigenvalue weighted by molar-refractivity contribution is 4.90. The molecule has 0 heterocycles. The molecule has 0 aromatic carbocycles. The van der Waals surface area contributed by atoms with Crippen LogP contribution in [0.25, 0.3) is 0 Å². The molecule has 0 aromatic heterocycles. The Hall–Kier alpha value is -0.120. The average Bonchev–Trinajstić information content (AvgIpc) is 2.62. The predicted octanol–water partition coefficient (Wildman–Crippen LogP) is 1.86. The van der Waals surface area contributed by atoms with Gasteiger partial charge in [-0.2, -0.15) is 0 Å². The molecular formula is C14H30N2O. The van der Waals surface area contributed by atoms with E-state index in [4.69, 9.17) is 0 Å². The van der Waals surface area contributed by atoms with Crippen LogP contribution in [0, 0.1) is 5.41 Å². The van der Waals surface area contributed by atoms with Gasteiger partial charge in [-0.3, -0.25) is 0 Å². The number of aliphatic hydroxyl groups excluding tert-OH is 1. The van der Waals surface area contributed by atoms with Crippen LogP contribution in [0.4, 0.5) is 0 Å². The van der Waals surface area contributed by atoms with Gasteiger partial charge in [0.2, 0.25) is 0 Å². The minimum absolute atomic E-state index is 0.244. The molecule has 0 aliphatic heterocycles. The van der Waals surface area contributed by atoms with Crippen molar-refractivity contribution in [3.05, 3.63) is 0 Å². The fraction of sp³-hybridized carbons (Fsp3) is 1.00. The highest BCUT2D eigenvalue weighted by atomic mass is 16.3. The molecule has 1 fully saturated rings. The molecule has 0 amide bonds. The van der Waals surface area contributed by atoms with Gasteiger partial charge in [-0.15, -0.1) is 0 Å². The molecule has 0 aromatic rings. The zero-order valence-electron chi connectivity index (χ0n) is 12.0. The highest BCUT2D eigenvalue weighted by Gasteiger charge is 2.34. The van der Waals surface area contributed by atoms with Gasteiger partial charge >= 0.3 is 0 Å². The first-order valence-corrected chi connectivity index (χ1v) is 7.13. The maximum Gasteiger partial charge on any atom is 0.0791 e. The second-order valence-corrected chi connectivity index (χ2v) is 5.98. The largest absolute Gasteiger partial charge is 0.390 e. The normalized spacial score (nSPS) is 25.4. The van der Waals surface area contributed by atoms with Crippen LogP contribution in [0.15, 0.2) is 0 Å². The van der Waals surface area contributed by atoms with Gasteiger partial charge in [-0.1, -0.05) is 34.1 Å². The topological polar surface area (TPSA) is 35.5 Å². The Kier molecular flexibility index (Phi) is 5.90. The molecule has 1 saturated carbocycles. The van der Waals surface area contributed by atoms with Crippen LogP contribution in [-0.2, 0) is 0 Å². The Balaban J connectivity index is 2.25. The van der Waals surface area contributed by atoms with Crippen LogP contribution < -0.4 is 5.32 Å². The van der Waals surface area contributed by atoms with Crippen molar-refractivity contribution in [1.29, 1.82) is 0 Å². The van der Waals surface area contributed by atoms with Crippen molar-refractivity contribution < 1.29 is 5.11 Å². The van der Waals surface area contributed by atoms with Crippen molar-refractivity contribution in [2.45, 2.75) is 59.1 Å². The summed E-state index contributed by atoms with van der Waals surface area (Å²) in [5.74, 6) is 0. The molecule has 102 valence electrons. The van der Waals surface area contributed by atoms with Crippen LogP contribution in [0.1, 0.15) is 47.0 Å². The first-order chi connectivity index (χ1) is 7.99. The second kappa shape index (κ2) is 6.72. The van der Waals surface area contributed by atoms with Crippen molar-refractivity contribution in [2.75, 3.05) is 26.2 Å². The Morgan fingerprint density at radius 3 is 2.47 bits per heavy atom. The zero-order chi connectivity index (χ0) is 12.9. The maximum absolute atomic E-state index is 10.0. The molecule has 2 N–H and O–H groups in total. The van der Waals surface area contributed by atoms with Gasteiger partial charge in [0.15, 0.2) is 0 Å². The number of nitrogens with one attached hydrogen (secondary N) is 1. The molecule has 3 nitrogen and oxygen atoms in total. The smallest absolute Gasteiger partial charge is 0.0791 e. The quantitative estimate of drug-likeness (QED) is 0.715. The van der Waals surface area contributed by atoms with Gasteiger partial charge in [0.25, 0.3) is 0 Å². The third-order valence-corrected chi connectivity index (χ3v) is 4.22. The number of hydrogen-bond donors (Lipinski definition) is 2. The van der Waals surface area contributed by atoms with Crippen LogP contribution >= 0.6 is 0 Å². The molecular weight excluding hydrogens is 212 g/mol. The van der Waals surface area contributed by atoms with E-state index in [9.17, 15) is 5.11 Å². The summed E-state index contributed by atoms with van der Waals surface area (Å²) < 4.78 is 0. The molecule has 1 aliphatic carbocycles. The Labute approximate surface area is 107 Å². The van der Waals surface area contributed by atoms with Crippen LogP contribution in [0.2, 0.25) is 0 Å². The van der Waals surface area contributed by atoms with E-state index in [0.717, 1.165) is 26.2 Å². The van der Waals surface area contributed by atoms with E-state index >= 15 is 0 Å². The standard InChI is InChI=1S/C14H30N2O/c1-5-16(6-2)11-12(17)10-15-13-8-7-9-14(13,3)4/h12-13,15,17H,5-11H2,1-4H3. The van der Waals surface area contributed by atoms with Crippen LogP contribution in [-0.4, -0.2) is 48.3 Å². The number of aliphatic hydroxyl groups is 1. The number of hydrogen-bond acceptors (Lipinski definition) is 3. The monoisotopic (exact) mass is 242 g/mol. The van der Waals surface area contributed by atoms with E-state index in [0.29, 0.717) is 11.5 Å². The number of rotatable bonds is 7. The van der Waals surface area contributed by atoms with E-state index in [1.54, 1.807) is 0 Å². The fourth-order valence-electron chi connectivity index (χ4n) is 2.83. The van der Waals surface area contributed by atoms with Crippen LogP contribution in [0.3, 0.4) is 0 Å². The molecule has 1 aliphatic rings. The molecule has 0 radical (unpaired) electrons. The summed E-state index contributed by atoms with van der Waals surface area (Å²) in [4.78, 5) is 2.27. The van der Waals surface area contributed by atoms with Gasteiger partial charge in [-0.05, 0) is 31.3 Å². The van der Waals surface area contributed by atoms with Crippen molar-refractivity contribution in [2.24, 2.45) is 5.41 Å². The minimum atomic E-state index is -0.244. The van der Waals surface area contributed by atoms with E-state index in [2.05, 4.69) is 37.9 Å². The summed E-state index contributed by atoms with van der Waals surface area (Å²) in [6.45, 7) is 12.5. The van der Waals surface area contributed by atoms with E-state index in [1.807, 2.05) is 0 Å². The maximum atomic E-state index is 10.0.